The van der Waals surface area contributed by atoms with E-state index in [1.165, 1.54) is 0 Å². The smallest absolute Gasteiger partial charge is 0.342 e. The Kier molecular flexibility index (Phi) is 5.35. The van der Waals surface area contributed by atoms with Gasteiger partial charge in [-0.2, -0.15) is 0 Å². The van der Waals surface area contributed by atoms with Crippen molar-refractivity contribution >= 4 is 13.6 Å². The van der Waals surface area contributed by atoms with Crippen LogP contribution in [0.15, 0.2) is 30.3 Å². The van der Waals surface area contributed by atoms with E-state index in [0.717, 1.165) is 5.56 Å². The van der Waals surface area contributed by atoms with Crippen LogP contribution in [-0.2, 0) is 25.0 Å². The lowest BCUT2D eigenvalue weighted by Gasteiger charge is -2.15. The number of carbonyl (C=O) groups is 1. The van der Waals surface area contributed by atoms with E-state index in [1.807, 2.05) is 18.2 Å². The number of carboxylic acid groups (broad SMARTS) is 1. The molecule has 0 aromatic heterocycles. The standard InChI is InChI=1S/C11H15O5P/c1-2-15-17(14,9-11(12)13)16-8-10-6-4-3-5-7-10/h3-7H,2,8-9H2,1H3,(H,12,13). The average molecular weight is 258 g/mol. The molecule has 0 aliphatic heterocycles. The van der Waals surface area contributed by atoms with Crippen molar-refractivity contribution in [1.29, 1.82) is 0 Å². The van der Waals surface area contributed by atoms with E-state index in [1.54, 1.807) is 19.1 Å². The Morgan fingerprint density at radius 3 is 2.47 bits per heavy atom. The summed E-state index contributed by atoms with van der Waals surface area (Å²) < 4.78 is 22.0. The molecule has 1 rings (SSSR count). The Hall–Kier alpha value is -1.16. The summed E-state index contributed by atoms with van der Waals surface area (Å²) in [4.78, 5) is 10.6. The van der Waals surface area contributed by atoms with Crippen molar-refractivity contribution in [2.24, 2.45) is 0 Å². The molecule has 6 heteroatoms. The van der Waals surface area contributed by atoms with Crippen LogP contribution < -0.4 is 0 Å². The Balaban J connectivity index is 2.61. The summed E-state index contributed by atoms with van der Waals surface area (Å²) in [7, 11) is -3.54. The minimum atomic E-state index is -3.54. The molecule has 5 nitrogen and oxygen atoms in total. The second kappa shape index (κ2) is 6.55. The van der Waals surface area contributed by atoms with Gasteiger partial charge >= 0.3 is 13.6 Å². The van der Waals surface area contributed by atoms with E-state index in [4.69, 9.17) is 14.2 Å². The summed E-state index contributed by atoms with van der Waals surface area (Å²) in [6.45, 7) is 1.87. The van der Waals surface area contributed by atoms with Gasteiger partial charge in [0.15, 0.2) is 0 Å². The van der Waals surface area contributed by atoms with Gasteiger partial charge in [-0.15, -0.1) is 0 Å². The Labute approximate surface area is 99.9 Å². The van der Waals surface area contributed by atoms with Crippen molar-refractivity contribution in [3.63, 3.8) is 0 Å². The molecule has 94 valence electrons. The van der Waals surface area contributed by atoms with Crippen LogP contribution in [-0.4, -0.2) is 23.8 Å². The number of rotatable bonds is 7. The summed E-state index contributed by atoms with van der Waals surface area (Å²) in [6.07, 6.45) is -0.617. The fraction of sp³-hybridized carbons (Fsp3) is 0.364. The fourth-order valence-corrected chi connectivity index (χ4v) is 2.57. The van der Waals surface area contributed by atoms with Gasteiger partial charge in [-0.1, -0.05) is 30.3 Å². The Morgan fingerprint density at radius 2 is 1.94 bits per heavy atom. The molecule has 0 aliphatic carbocycles. The van der Waals surface area contributed by atoms with Gasteiger partial charge in [0.2, 0.25) is 0 Å². The van der Waals surface area contributed by atoms with E-state index >= 15 is 0 Å². The molecular formula is C11H15O5P. The topological polar surface area (TPSA) is 72.8 Å². The first kappa shape index (κ1) is 13.9. The third kappa shape index (κ3) is 5.13. The number of aliphatic carboxylic acids is 1. The molecule has 0 fully saturated rings. The predicted octanol–water partition coefficient (Wildman–Crippen LogP) is 2.52. The first-order valence-corrected chi connectivity index (χ1v) is 6.92. The van der Waals surface area contributed by atoms with Crippen LogP contribution in [0, 0.1) is 0 Å². The van der Waals surface area contributed by atoms with Gasteiger partial charge in [-0.3, -0.25) is 9.36 Å². The molecular weight excluding hydrogens is 243 g/mol. The molecule has 0 radical (unpaired) electrons. The van der Waals surface area contributed by atoms with Gasteiger partial charge in [0.1, 0.15) is 6.16 Å². The van der Waals surface area contributed by atoms with E-state index in [2.05, 4.69) is 0 Å². The first-order chi connectivity index (χ1) is 8.06. The monoisotopic (exact) mass is 258 g/mol. The van der Waals surface area contributed by atoms with E-state index in [-0.39, 0.29) is 13.2 Å². The predicted molar refractivity (Wildman–Crippen MR) is 63.0 cm³/mol. The highest BCUT2D eigenvalue weighted by Gasteiger charge is 2.27. The summed E-state index contributed by atoms with van der Waals surface area (Å²) in [5, 5.41) is 8.64. The highest BCUT2D eigenvalue weighted by Crippen LogP contribution is 2.48. The molecule has 1 aromatic carbocycles. The van der Waals surface area contributed by atoms with Crippen molar-refractivity contribution in [3.05, 3.63) is 35.9 Å². The minimum Gasteiger partial charge on any atom is -0.481 e. The largest absolute Gasteiger partial charge is 0.481 e. The minimum absolute atomic E-state index is 0.0748. The molecule has 0 spiro atoms. The van der Waals surface area contributed by atoms with Crippen LogP contribution in [0.4, 0.5) is 0 Å². The van der Waals surface area contributed by atoms with Gasteiger partial charge in [0.05, 0.1) is 13.2 Å². The van der Waals surface area contributed by atoms with Gasteiger partial charge in [0.25, 0.3) is 0 Å². The molecule has 0 amide bonds. The zero-order valence-corrected chi connectivity index (χ0v) is 10.4. The SMILES string of the molecule is CCOP(=O)(CC(=O)O)OCc1ccccc1. The van der Waals surface area contributed by atoms with Crippen LogP contribution in [0.25, 0.3) is 0 Å². The van der Waals surface area contributed by atoms with Crippen LogP contribution >= 0.6 is 7.60 Å². The Morgan fingerprint density at radius 1 is 1.29 bits per heavy atom. The van der Waals surface area contributed by atoms with Crippen molar-refractivity contribution in [1.82, 2.24) is 0 Å². The average Bonchev–Trinajstić information content (AvgIpc) is 2.27. The van der Waals surface area contributed by atoms with Crippen molar-refractivity contribution in [3.8, 4) is 0 Å². The Bertz CT molecular complexity index is 404. The maximum Gasteiger partial charge on any atom is 0.342 e. The lowest BCUT2D eigenvalue weighted by molar-refractivity contribution is -0.134. The second-order valence-electron chi connectivity index (χ2n) is 3.34. The molecule has 0 heterocycles. The summed E-state index contributed by atoms with van der Waals surface area (Å²) in [6, 6.07) is 9.10. The van der Waals surface area contributed by atoms with Crippen molar-refractivity contribution in [2.45, 2.75) is 13.5 Å². The van der Waals surface area contributed by atoms with Crippen LogP contribution in [0.1, 0.15) is 12.5 Å². The molecule has 17 heavy (non-hydrogen) atoms. The summed E-state index contributed by atoms with van der Waals surface area (Å²) in [5.74, 6) is -1.20. The second-order valence-corrected chi connectivity index (χ2v) is 5.39. The van der Waals surface area contributed by atoms with Crippen LogP contribution in [0.2, 0.25) is 0 Å². The molecule has 1 N–H and O–H groups in total. The molecule has 1 atom stereocenters. The molecule has 1 unspecified atom stereocenters. The van der Waals surface area contributed by atoms with Gasteiger partial charge in [0, 0.05) is 0 Å². The lowest BCUT2D eigenvalue weighted by atomic mass is 10.2. The number of hydrogen-bond donors (Lipinski definition) is 1. The fourth-order valence-electron chi connectivity index (χ4n) is 1.24. The third-order valence-electron chi connectivity index (χ3n) is 1.93. The molecule has 0 saturated carbocycles. The van der Waals surface area contributed by atoms with E-state index in [9.17, 15) is 9.36 Å². The third-order valence-corrected chi connectivity index (χ3v) is 3.76. The zero-order chi connectivity index (χ0) is 12.7. The van der Waals surface area contributed by atoms with Gasteiger partial charge in [-0.05, 0) is 12.5 Å². The van der Waals surface area contributed by atoms with Gasteiger partial charge in [-0.25, -0.2) is 0 Å². The number of carboxylic acids is 1. The summed E-state index contributed by atoms with van der Waals surface area (Å²) >= 11 is 0. The van der Waals surface area contributed by atoms with E-state index in [0.29, 0.717) is 0 Å². The van der Waals surface area contributed by atoms with E-state index < -0.39 is 19.7 Å². The highest BCUT2D eigenvalue weighted by molar-refractivity contribution is 7.54. The van der Waals surface area contributed by atoms with Crippen molar-refractivity contribution < 1.29 is 23.5 Å². The molecule has 0 aliphatic rings. The lowest BCUT2D eigenvalue weighted by Crippen LogP contribution is -2.08. The van der Waals surface area contributed by atoms with Crippen LogP contribution in [0.3, 0.4) is 0 Å². The number of hydrogen-bond acceptors (Lipinski definition) is 4. The maximum absolute atomic E-state index is 12.0. The normalized spacial score (nSPS) is 14.2. The van der Waals surface area contributed by atoms with Crippen LogP contribution in [0.5, 0.6) is 0 Å². The quantitative estimate of drug-likeness (QED) is 0.761. The van der Waals surface area contributed by atoms with Gasteiger partial charge < -0.3 is 14.2 Å². The molecule has 1 aromatic rings. The highest BCUT2D eigenvalue weighted by atomic mass is 31.2. The summed E-state index contributed by atoms with van der Waals surface area (Å²) in [5.41, 5.74) is 0.817. The first-order valence-electron chi connectivity index (χ1n) is 5.19. The zero-order valence-electron chi connectivity index (χ0n) is 9.54. The maximum atomic E-state index is 12.0. The molecule has 0 saturated heterocycles. The molecule has 0 bridgehead atoms. The van der Waals surface area contributed by atoms with Crippen molar-refractivity contribution in [2.75, 3.05) is 12.8 Å². The number of benzene rings is 1.